The van der Waals surface area contributed by atoms with E-state index in [0.29, 0.717) is 19.3 Å². The maximum Gasteiger partial charge on any atom is 0.311 e. The van der Waals surface area contributed by atoms with Gasteiger partial charge in [-0.15, -0.1) is 0 Å². The van der Waals surface area contributed by atoms with Crippen molar-refractivity contribution in [3.8, 4) is 0 Å². The summed E-state index contributed by atoms with van der Waals surface area (Å²) in [4.78, 5) is 22.9. The molecule has 0 radical (unpaired) electrons. The van der Waals surface area contributed by atoms with Crippen LogP contribution in [0.1, 0.15) is 45.4 Å². The van der Waals surface area contributed by atoms with E-state index in [1.54, 1.807) is 0 Å². The van der Waals surface area contributed by atoms with Gasteiger partial charge in [0.25, 0.3) is 0 Å². The number of carboxylic acids is 1. The maximum absolute atomic E-state index is 11.6. The normalized spacial score (nSPS) is 20.6. The number of rotatable bonds is 5. The molecule has 17 heavy (non-hydrogen) atoms. The summed E-state index contributed by atoms with van der Waals surface area (Å²) in [7, 11) is 0. The fraction of sp³-hybridized carbons (Fsp3) is 0.833. The van der Waals surface area contributed by atoms with Gasteiger partial charge in [0.05, 0.1) is 11.5 Å². The van der Waals surface area contributed by atoms with E-state index in [2.05, 4.69) is 5.32 Å². The second-order valence-corrected chi connectivity index (χ2v) is 4.88. The van der Waals surface area contributed by atoms with Crippen LogP contribution < -0.4 is 11.1 Å². The lowest BCUT2D eigenvalue weighted by Gasteiger charge is -2.33. The van der Waals surface area contributed by atoms with Crippen LogP contribution in [0.3, 0.4) is 0 Å². The average Bonchev–Trinajstić information content (AvgIpc) is 2.35. The zero-order valence-electron chi connectivity index (χ0n) is 10.4. The second-order valence-electron chi connectivity index (χ2n) is 4.88. The highest BCUT2D eigenvalue weighted by Gasteiger charge is 2.39. The number of hydrogen-bond acceptors (Lipinski definition) is 3. The Bertz CT molecular complexity index is 285. The molecule has 1 atom stereocenters. The molecule has 0 saturated heterocycles. The SMILES string of the molecule is CC[C@@H](N)C(=O)NCC1(C(=O)O)CCCCC1. The van der Waals surface area contributed by atoms with Gasteiger partial charge in [0.2, 0.25) is 5.91 Å². The highest BCUT2D eigenvalue weighted by Crippen LogP contribution is 2.35. The first-order chi connectivity index (χ1) is 8.02. The van der Waals surface area contributed by atoms with E-state index in [1.165, 1.54) is 0 Å². The molecule has 1 rings (SSSR count). The molecule has 1 amide bonds. The molecule has 0 aromatic rings. The van der Waals surface area contributed by atoms with Gasteiger partial charge in [-0.1, -0.05) is 26.2 Å². The Hall–Kier alpha value is -1.10. The summed E-state index contributed by atoms with van der Waals surface area (Å²) < 4.78 is 0. The minimum absolute atomic E-state index is 0.203. The molecule has 5 nitrogen and oxygen atoms in total. The Labute approximate surface area is 102 Å². The molecule has 0 aromatic heterocycles. The Morgan fingerprint density at radius 2 is 1.94 bits per heavy atom. The molecule has 0 aliphatic heterocycles. The van der Waals surface area contributed by atoms with E-state index in [9.17, 15) is 14.7 Å². The van der Waals surface area contributed by atoms with Gasteiger partial charge in [-0.2, -0.15) is 0 Å². The predicted octanol–water partition coefficient (Wildman–Crippen LogP) is 0.875. The molecule has 98 valence electrons. The lowest BCUT2D eigenvalue weighted by Crippen LogP contribution is -2.48. The Balaban J connectivity index is 2.56. The number of carbonyl (C=O) groups excluding carboxylic acids is 1. The lowest BCUT2D eigenvalue weighted by atomic mass is 9.74. The van der Waals surface area contributed by atoms with Crippen molar-refractivity contribution in [2.45, 2.75) is 51.5 Å². The zero-order valence-corrected chi connectivity index (χ0v) is 10.4. The molecule has 4 N–H and O–H groups in total. The van der Waals surface area contributed by atoms with Crippen molar-refractivity contribution in [3.05, 3.63) is 0 Å². The molecule has 0 unspecified atom stereocenters. The van der Waals surface area contributed by atoms with Gasteiger partial charge < -0.3 is 16.2 Å². The third kappa shape index (κ3) is 3.43. The molecule has 5 heteroatoms. The molecular weight excluding hydrogens is 220 g/mol. The van der Waals surface area contributed by atoms with Crippen LogP contribution in [0, 0.1) is 5.41 Å². The van der Waals surface area contributed by atoms with E-state index in [4.69, 9.17) is 5.73 Å². The minimum Gasteiger partial charge on any atom is -0.481 e. The lowest BCUT2D eigenvalue weighted by molar-refractivity contribution is -0.151. The number of aliphatic carboxylic acids is 1. The van der Waals surface area contributed by atoms with E-state index >= 15 is 0 Å². The minimum atomic E-state index is -0.803. The highest BCUT2D eigenvalue weighted by atomic mass is 16.4. The van der Waals surface area contributed by atoms with Crippen molar-refractivity contribution < 1.29 is 14.7 Å². The first-order valence-corrected chi connectivity index (χ1v) is 6.28. The fourth-order valence-corrected chi connectivity index (χ4v) is 2.27. The number of hydrogen-bond donors (Lipinski definition) is 3. The number of carboxylic acid groups (broad SMARTS) is 1. The zero-order chi connectivity index (χ0) is 12.9. The molecule has 0 aromatic carbocycles. The first kappa shape index (κ1) is 14.0. The van der Waals surface area contributed by atoms with Crippen molar-refractivity contribution in [2.24, 2.45) is 11.1 Å². The second kappa shape index (κ2) is 6.00. The highest BCUT2D eigenvalue weighted by molar-refractivity contribution is 5.82. The van der Waals surface area contributed by atoms with Gasteiger partial charge in [0.15, 0.2) is 0 Å². The summed E-state index contributed by atoms with van der Waals surface area (Å²) in [5.41, 5.74) is 4.82. The molecule has 0 bridgehead atoms. The summed E-state index contributed by atoms with van der Waals surface area (Å²) in [6, 6.07) is -0.538. The van der Waals surface area contributed by atoms with E-state index in [-0.39, 0.29) is 12.5 Å². The van der Waals surface area contributed by atoms with Crippen LogP contribution in [0.5, 0.6) is 0 Å². The van der Waals surface area contributed by atoms with E-state index in [0.717, 1.165) is 19.3 Å². The molecule has 1 fully saturated rings. The van der Waals surface area contributed by atoms with E-state index in [1.807, 2.05) is 6.92 Å². The van der Waals surface area contributed by atoms with Gasteiger partial charge >= 0.3 is 5.97 Å². The van der Waals surface area contributed by atoms with Gasteiger partial charge in [0.1, 0.15) is 0 Å². The average molecular weight is 242 g/mol. The van der Waals surface area contributed by atoms with Crippen molar-refractivity contribution >= 4 is 11.9 Å². The van der Waals surface area contributed by atoms with Crippen molar-refractivity contribution in [1.82, 2.24) is 5.32 Å². The predicted molar refractivity (Wildman–Crippen MR) is 64.4 cm³/mol. The molecule has 1 aliphatic rings. The van der Waals surface area contributed by atoms with Crippen LogP contribution >= 0.6 is 0 Å². The van der Waals surface area contributed by atoms with Crippen LogP contribution in [-0.2, 0) is 9.59 Å². The summed E-state index contributed by atoms with van der Waals surface area (Å²) in [6.45, 7) is 2.03. The monoisotopic (exact) mass is 242 g/mol. The molecule has 1 aliphatic carbocycles. The van der Waals surface area contributed by atoms with Gasteiger partial charge in [0, 0.05) is 6.54 Å². The molecule has 0 spiro atoms. The van der Waals surface area contributed by atoms with Crippen LogP contribution in [0.4, 0.5) is 0 Å². The van der Waals surface area contributed by atoms with E-state index < -0.39 is 17.4 Å². The largest absolute Gasteiger partial charge is 0.481 e. The number of nitrogens with one attached hydrogen (secondary N) is 1. The Morgan fingerprint density at radius 3 is 2.41 bits per heavy atom. The summed E-state index contributed by atoms with van der Waals surface area (Å²) in [6.07, 6.45) is 4.77. The van der Waals surface area contributed by atoms with Crippen molar-refractivity contribution in [2.75, 3.05) is 6.54 Å². The smallest absolute Gasteiger partial charge is 0.311 e. The van der Waals surface area contributed by atoms with Gasteiger partial charge in [-0.25, -0.2) is 0 Å². The Kier molecular flexibility index (Phi) is 4.93. The fourth-order valence-electron chi connectivity index (χ4n) is 2.27. The van der Waals surface area contributed by atoms with Crippen molar-refractivity contribution in [1.29, 1.82) is 0 Å². The number of carbonyl (C=O) groups is 2. The topological polar surface area (TPSA) is 92.4 Å². The molecule has 0 heterocycles. The Morgan fingerprint density at radius 1 is 1.35 bits per heavy atom. The molecule has 1 saturated carbocycles. The van der Waals surface area contributed by atoms with Crippen molar-refractivity contribution in [3.63, 3.8) is 0 Å². The van der Waals surface area contributed by atoms with Gasteiger partial charge in [-0.3, -0.25) is 9.59 Å². The third-order valence-electron chi connectivity index (χ3n) is 3.64. The van der Waals surface area contributed by atoms with Crippen LogP contribution in [0.15, 0.2) is 0 Å². The van der Waals surface area contributed by atoms with Crippen LogP contribution in [0.25, 0.3) is 0 Å². The summed E-state index contributed by atoms with van der Waals surface area (Å²) >= 11 is 0. The number of amides is 1. The van der Waals surface area contributed by atoms with Crippen LogP contribution in [-0.4, -0.2) is 29.6 Å². The first-order valence-electron chi connectivity index (χ1n) is 6.28. The third-order valence-corrected chi connectivity index (χ3v) is 3.64. The maximum atomic E-state index is 11.6. The molecular formula is C12H22N2O3. The summed E-state index contributed by atoms with van der Waals surface area (Å²) in [5.74, 6) is -1.05. The standard InChI is InChI=1S/C12H22N2O3/c1-2-9(13)10(15)14-8-12(11(16)17)6-4-3-5-7-12/h9H,2-8,13H2,1H3,(H,14,15)(H,16,17)/t9-/m1/s1. The summed E-state index contributed by atoms with van der Waals surface area (Å²) in [5, 5.41) is 12.0. The van der Waals surface area contributed by atoms with Crippen LogP contribution in [0.2, 0.25) is 0 Å². The number of nitrogens with two attached hydrogens (primary N) is 1. The van der Waals surface area contributed by atoms with Gasteiger partial charge in [-0.05, 0) is 19.3 Å². The quantitative estimate of drug-likeness (QED) is 0.667.